The van der Waals surface area contributed by atoms with E-state index in [-0.39, 0.29) is 11.7 Å². The highest BCUT2D eigenvalue weighted by atomic mass is 19.1. The van der Waals surface area contributed by atoms with E-state index in [1.807, 2.05) is 17.0 Å². The van der Waals surface area contributed by atoms with Gasteiger partial charge in [-0.2, -0.15) is 0 Å². The van der Waals surface area contributed by atoms with E-state index in [0.29, 0.717) is 18.3 Å². The molecule has 0 bridgehead atoms. The van der Waals surface area contributed by atoms with Crippen molar-refractivity contribution in [2.24, 2.45) is 0 Å². The first-order chi connectivity index (χ1) is 14.2. The van der Waals surface area contributed by atoms with Gasteiger partial charge in [0, 0.05) is 24.7 Å². The zero-order valence-electron chi connectivity index (χ0n) is 16.7. The van der Waals surface area contributed by atoms with Gasteiger partial charge in [0.25, 0.3) is 0 Å². The molecule has 1 amide bonds. The smallest absolute Gasteiger partial charge is 0.236 e. The maximum atomic E-state index is 12.9. The van der Waals surface area contributed by atoms with Gasteiger partial charge < -0.3 is 10.2 Å². The summed E-state index contributed by atoms with van der Waals surface area (Å²) in [5, 5.41) is 3.13. The first-order valence-corrected chi connectivity index (χ1v) is 10.5. The van der Waals surface area contributed by atoms with E-state index in [4.69, 9.17) is 0 Å². The van der Waals surface area contributed by atoms with Crippen molar-refractivity contribution in [3.8, 4) is 0 Å². The Morgan fingerprint density at radius 3 is 2.45 bits per heavy atom. The quantitative estimate of drug-likeness (QED) is 0.836. The third-order valence-corrected chi connectivity index (χ3v) is 5.86. The molecule has 0 atom stereocenters. The summed E-state index contributed by atoms with van der Waals surface area (Å²) in [6, 6.07) is 7.01. The molecular weight excluding hydrogens is 369 g/mol. The molecule has 2 fully saturated rings. The number of rotatable bonds is 5. The van der Waals surface area contributed by atoms with Gasteiger partial charge in [0.1, 0.15) is 11.6 Å². The summed E-state index contributed by atoms with van der Waals surface area (Å²) in [6.45, 7) is 4.27. The zero-order valence-corrected chi connectivity index (χ0v) is 16.7. The Bertz CT molecular complexity index is 797. The topological polar surface area (TPSA) is 61.4 Å². The number of carbonyl (C=O) groups is 1. The molecule has 0 spiro atoms. The summed E-state index contributed by atoms with van der Waals surface area (Å²) in [6.07, 6.45) is 8.56. The van der Waals surface area contributed by atoms with Crippen LogP contribution in [0.4, 0.5) is 15.9 Å². The van der Waals surface area contributed by atoms with E-state index in [0.717, 1.165) is 63.2 Å². The van der Waals surface area contributed by atoms with E-state index in [9.17, 15) is 9.18 Å². The van der Waals surface area contributed by atoms with Crippen molar-refractivity contribution in [3.05, 3.63) is 48.2 Å². The Balaban J connectivity index is 1.26. The van der Waals surface area contributed by atoms with Gasteiger partial charge >= 0.3 is 0 Å². The van der Waals surface area contributed by atoms with Crippen LogP contribution in [0.2, 0.25) is 0 Å². The molecule has 4 heterocycles. The van der Waals surface area contributed by atoms with Gasteiger partial charge in [-0.05, 0) is 69.5 Å². The largest absolute Gasteiger partial charge is 0.342 e. The van der Waals surface area contributed by atoms with Crippen molar-refractivity contribution in [2.45, 2.75) is 38.0 Å². The number of halogens is 1. The second-order valence-electron chi connectivity index (χ2n) is 7.95. The number of hydrogen-bond acceptors (Lipinski definition) is 5. The molecule has 7 heteroatoms. The number of nitrogens with zero attached hydrogens (tertiary/aromatic N) is 4. The van der Waals surface area contributed by atoms with Gasteiger partial charge in [-0.25, -0.2) is 9.37 Å². The summed E-state index contributed by atoms with van der Waals surface area (Å²) in [5.74, 6) is 0.945. The molecule has 2 aliphatic rings. The van der Waals surface area contributed by atoms with E-state index in [1.54, 1.807) is 12.3 Å². The molecule has 2 aliphatic heterocycles. The lowest BCUT2D eigenvalue weighted by Crippen LogP contribution is -2.44. The Labute approximate surface area is 171 Å². The summed E-state index contributed by atoms with van der Waals surface area (Å²) in [5.41, 5.74) is 1.92. The third-order valence-electron chi connectivity index (χ3n) is 5.86. The second-order valence-corrected chi connectivity index (χ2v) is 7.95. The molecule has 4 rings (SSSR count). The minimum Gasteiger partial charge on any atom is -0.342 e. The number of pyridine rings is 2. The van der Waals surface area contributed by atoms with Crippen LogP contribution in [-0.2, 0) is 4.79 Å². The van der Waals surface area contributed by atoms with Crippen LogP contribution in [-0.4, -0.2) is 58.4 Å². The van der Waals surface area contributed by atoms with Crippen LogP contribution in [0.1, 0.15) is 43.7 Å². The number of hydrogen-bond donors (Lipinski definition) is 1. The maximum Gasteiger partial charge on any atom is 0.236 e. The predicted octanol–water partition coefficient (Wildman–Crippen LogP) is 3.55. The summed E-state index contributed by atoms with van der Waals surface area (Å²) in [4.78, 5) is 25.4. The van der Waals surface area contributed by atoms with E-state index in [1.165, 1.54) is 18.7 Å². The lowest BCUT2D eigenvalue weighted by molar-refractivity contribution is -0.133. The molecule has 154 valence electrons. The van der Waals surface area contributed by atoms with Crippen LogP contribution in [0.3, 0.4) is 0 Å². The summed E-state index contributed by atoms with van der Waals surface area (Å²) in [7, 11) is 0. The molecule has 29 heavy (non-hydrogen) atoms. The standard InChI is InChI=1S/C22H28FN5O/c23-18-4-7-21(25-14-18)26-19-5-6-20(24-15-19)17-8-12-27(13-9-17)16-22(29)28-10-2-1-3-11-28/h4-7,14-15,17H,1-3,8-13,16H2,(H,25,26). The fraction of sp³-hybridized carbons (Fsp3) is 0.500. The van der Waals surface area contributed by atoms with Gasteiger partial charge in [0.05, 0.1) is 24.6 Å². The zero-order chi connectivity index (χ0) is 20.1. The van der Waals surface area contributed by atoms with Gasteiger partial charge in [0.2, 0.25) is 5.91 Å². The van der Waals surface area contributed by atoms with Gasteiger partial charge in [-0.3, -0.25) is 14.7 Å². The molecular formula is C22H28FN5O. The van der Waals surface area contributed by atoms with Crippen molar-refractivity contribution >= 4 is 17.4 Å². The van der Waals surface area contributed by atoms with Crippen molar-refractivity contribution < 1.29 is 9.18 Å². The Morgan fingerprint density at radius 2 is 1.79 bits per heavy atom. The fourth-order valence-corrected chi connectivity index (χ4v) is 4.14. The van der Waals surface area contributed by atoms with Crippen molar-refractivity contribution in [2.75, 3.05) is 38.0 Å². The van der Waals surface area contributed by atoms with E-state index in [2.05, 4.69) is 20.2 Å². The normalized spacial score (nSPS) is 18.6. The number of anilines is 2. The predicted molar refractivity (Wildman–Crippen MR) is 111 cm³/mol. The molecule has 0 aromatic carbocycles. The lowest BCUT2D eigenvalue weighted by atomic mass is 9.93. The number of piperidine rings is 2. The molecule has 0 saturated carbocycles. The van der Waals surface area contributed by atoms with Gasteiger partial charge in [-0.1, -0.05) is 0 Å². The van der Waals surface area contributed by atoms with Crippen LogP contribution >= 0.6 is 0 Å². The third kappa shape index (κ3) is 5.29. The van der Waals surface area contributed by atoms with Crippen LogP contribution in [0.25, 0.3) is 0 Å². The summed E-state index contributed by atoms with van der Waals surface area (Å²) >= 11 is 0. The molecule has 2 aromatic rings. The van der Waals surface area contributed by atoms with Crippen LogP contribution in [0.15, 0.2) is 36.7 Å². The number of nitrogens with one attached hydrogen (secondary N) is 1. The maximum absolute atomic E-state index is 12.9. The molecule has 1 N–H and O–H groups in total. The second kappa shape index (κ2) is 9.31. The van der Waals surface area contributed by atoms with Crippen molar-refractivity contribution in [1.82, 2.24) is 19.8 Å². The molecule has 2 aromatic heterocycles. The molecule has 0 unspecified atom stereocenters. The first kappa shape index (κ1) is 19.8. The number of likely N-dealkylation sites (tertiary alicyclic amines) is 2. The van der Waals surface area contributed by atoms with Crippen molar-refractivity contribution in [3.63, 3.8) is 0 Å². The van der Waals surface area contributed by atoms with Gasteiger partial charge in [0.15, 0.2) is 0 Å². The highest BCUT2D eigenvalue weighted by Crippen LogP contribution is 2.27. The Hall–Kier alpha value is -2.54. The van der Waals surface area contributed by atoms with Gasteiger partial charge in [-0.15, -0.1) is 0 Å². The Kier molecular flexibility index (Phi) is 6.34. The van der Waals surface area contributed by atoms with Crippen LogP contribution in [0, 0.1) is 5.82 Å². The average molecular weight is 397 g/mol. The average Bonchev–Trinajstić information content (AvgIpc) is 2.77. The van der Waals surface area contributed by atoms with Crippen molar-refractivity contribution in [1.29, 1.82) is 0 Å². The minimum absolute atomic E-state index is 0.283. The molecule has 0 aliphatic carbocycles. The summed E-state index contributed by atoms with van der Waals surface area (Å²) < 4.78 is 12.9. The number of carbonyl (C=O) groups excluding carboxylic acids is 1. The van der Waals surface area contributed by atoms with E-state index < -0.39 is 0 Å². The highest BCUT2D eigenvalue weighted by molar-refractivity contribution is 5.78. The SMILES string of the molecule is O=C(CN1CCC(c2ccc(Nc3ccc(F)cn3)cn2)CC1)N1CCCCC1. The monoisotopic (exact) mass is 397 g/mol. The van der Waals surface area contributed by atoms with Crippen LogP contribution in [0.5, 0.6) is 0 Å². The highest BCUT2D eigenvalue weighted by Gasteiger charge is 2.25. The Morgan fingerprint density at radius 1 is 1.00 bits per heavy atom. The number of aromatic nitrogens is 2. The molecule has 2 saturated heterocycles. The molecule has 0 radical (unpaired) electrons. The minimum atomic E-state index is -0.354. The van der Waals surface area contributed by atoms with E-state index >= 15 is 0 Å². The van der Waals surface area contributed by atoms with Crippen LogP contribution < -0.4 is 5.32 Å². The number of amides is 1. The molecule has 6 nitrogen and oxygen atoms in total. The fourth-order valence-electron chi connectivity index (χ4n) is 4.14. The first-order valence-electron chi connectivity index (χ1n) is 10.5. The lowest BCUT2D eigenvalue weighted by Gasteiger charge is -2.34.